The second-order valence-corrected chi connectivity index (χ2v) is 14.5. The van der Waals surface area contributed by atoms with Gasteiger partial charge in [-0.1, -0.05) is 47.9 Å². The number of hydrogen-bond acceptors (Lipinski definition) is 11. The van der Waals surface area contributed by atoms with Crippen molar-refractivity contribution in [3.05, 3.63) is 100 Å². The van der Waals surface area contributed by atoms with Gasteiger partial charge >= 0.3 is 6.09 Å². The van der Waals surface area contributed by atoms with E-state index in [1.54, 1.807) is 24.3 Å². The lowest BCUT2D eigenvalue weighted by Crippen LogP contribution is -2.54. The average Bonchev–Trinajstić information content (AvgIpc) is 3.83. The van der Waals surface area contributed by atoms with Crippen molar-refractivity contribution in [2.45, 2.75) is 47.8 Å². The van der Waals surface area contributed by atoms with E-state index in [-0.39, 0.29) is 51.6 Å². The van der Waals surface area contributed by atoms with Crippen LogP contribution in [0.3, 0.4) is 0 Å². The van der Waals surface area contributed by atoms with Crippen molar-refractivity contribution in [3.8, 4) is 29.4 Å². The first-order chi connectivity index (χ1) is 23.8. The molecule has 2 aliphatic heterocycles. The van der Waals surface area contributed by atoms with E-state index >= 15 is 0 Å². The van der Waals surface area contributed by atoms with Crippen molar-refractivity contribution in [2.24, 2.45) is 0 Å². The first kappa shape index (κ1) is 33.1. The number of amides is 1. The van der Waals surface area contributed by atoms with Gasteiger partial charge in [0.15, 0.2) is 38.7 Å². The van der Waals surface area contributed by atoms with Gasteiger partial charge in [0, 0.05) is 30.3 Å². The van der Waals surface area contributed by atoms with Gasteiger partial charge in [0.05, 0.1) is 33.6 Å². The molecule has 1 amide bonds. The molecule has 3 aromatic carbocycles. The molecule has 5 atom stereocenters. The molecule has 254 valence electrons. The third-order valence-corrected chi connectivity index (χ3v) is 11.1. The maximum atomic E-state index is 14.2. The third kappa shape index (κ3) is 4.89. The Labute approximate surface area is 287 Å². The Bertz CT molecular complexity index is 2260. The van der Waals surface area contributed by atoms with Crippen molar-refractivity contribution in [1.29, 1.82) is 0 Å². The number of phenols is 1. The van der Waals surface area contributed by atoms with Crippen LogP contribution in [0.4, 0.5) is 10.5 Å². The zero-order chi connectivity index (χ0) is 35.6. The van der Waals surface area contributed by atoms with Crippen molar-refractivity contribution in [2.75, 3.05) is 24.7 Å². The van der Waals surface area contributed by atoms with E-state index in [4.69, 9.17) is 9.47 Å². The zero-order valence-electron chi connectivity index (χ0n) is 26.8. The lowest BCUT2D eigenvalue weighted by Gasteiger charge is -2.37. The van der Waals surface area contributed by atoms with E-state index in [1.165, 1.54) is 61.4 Å². The highest BCUT2D eigenvalue weighted by Crippen LogP contribution is 2.67. The Hall–Kier alpha value is -5.44. The molecular formula is C37H30N2O10S. The fourth-order valence-electron chi connectivity index (χ4n) is 7.02. The molecule has 2 heterocycles. The fraction of sp³-hybridized carbons (Fsp3) is 0.270. The molecule has 0 saturated carbocycles. The Balaban J connectivity index is 1.16. The number of hydrogen-bond donors (Lipinski definition) is 4. The first-order valence-electron chi connectivity index (χ1n) is 15.6. The molecule has 7 rings (SSSR count). The maximum absolute atomic E-state index is 14.2. The number of phenolic OH excluding ortho intramolecular Hbond substituents is 1. The summed E-state index contributed by atoms with van der Waals surface area (Å²) in [5, 5.41) is 36.7. The Morgan fingerprint density at radius 1 is 1.04 bits per heavy atom. The summed E-state index contributed by atoms with van der Waals surface area (Å²) in [5.41, 5.74) is -2.77. The molecule has 12 nitrogen and oxygen atoms in total. The van der Waals surface area contributed by atoms with Gasteiger partial charge in [0.25, 0.3) is 0 Å². The summed E-state index contributed by atoms with van der Waals surface area (Å²) in [6.45, 7) is 1.07. The van der Waals surface area contributed by atoms with Crippen LogP contribution in [0.2, 0.25) is 0 Å². The smallest absolute Gasteiger partial charge is 0.409 e. The number of benzene rings is 3. The molecule has 2 bridgehead atoms. The van der Waals surface area contributed by atoms with E-state index in [0.717, 1.165) is 0 Å². The van der Waals surface area contributed by atoms with Gasteiger partial charge in [-0.15, -0.1) is 0 Å². The van der Waals surface area contributed by atoms with Crippen molar-refractivity contribution < 1.29 is 47.6 Å². The lowest BCUT2D eigenvalue weighted by molar-refractivity contribution is 0.0867. The molecule has 4 aliphatic rings. The highest BCUT2D eigenvalue weighted by atomic mass is 32.2. The number of anilines is 1. The number of nitrogens with one attached hydrogen (secondary N) is 1. The van der Waals surface area contributed by atoms with E-state index < -0.39 is 68.5 Å². The summed E-state index contributed by atoms with van der Waals surface area (Å²) in [6, 6.07) is 12.6. The number of sulfone groups is 1. The second kappa shape index (κ2) is 11.9. The number of nitrogens with zero attached hydrogens (tertiary/aromatic N) is 1. The van der Waals surface area contributed by atoms with Crippen LogP contribution >= 0.6 is 0 Å². The molecule has 13 heteroatoms. The predicted molar refractivity (Wildman–Crippen MR) is 178 cm³/mol. The number of epoxide rings is 1. The maximum Gasteiger partial charge on any atom is 0.409 e. The van der Waals surface area contributed by atoms with E-state index in [1.807, 2.05) is 0 Å². The van der Waals surface area contributed by atoms with Crippen LogP contribution in [-0.4, -0.2) is 89.6 Å². The largest absolute Gasteiger partial charge is 0.507 e. The monoisotopic (exact) mass is 694 g/mol. The summed E-state index contributed by atoms with van der Waals surface area (Å²) in [4.78, 5) is 42.2. The average molecular weight is 695 g/mol. The number of carbonyl (C=O) groups is 3. The minimum atomic E-state index is -3.65. The van der Waals surface area contributed by atoms with Gasteiger partial charge in [0.2, 0.25) is 0 Å². The fourth-order valence-corrected chi connectivity index (χ4v) is 8.13. The summed E-state index contributed by atoms with van der Waals surface area (Å²) in [6.07, 6.45) is -0.527. The van der Waals surface area contributed by atoms with Crippen LogP contribution in [0.25, 0.3) is 0 Å². The van der Waals surface area contributed by atoms with Gasteiger partial charge in [-0.3, -0.25) is 9.59 Å². The summed E-state index contributed by atoms with van der Waals surface area (Å²) >= 11 is 0. The molecular weight excluding hydrogens is 664 g/mol. The number of carbonyl (C=O) groups excluding carboxylic acids is 3. The minimum Gasteiger partial charge on any atom is -0.507 e. The van der Waals surface area contributed by atoms with Crippen LogP contribution in [0.15, 0.2) is 71.6 Å². The van der Waals surface area contributed by atoms with Gasteiger partial charge in [-0.2, -0.15) is 0 Å². The van der Waals surface area contributed by atoms with E-state index in [2.05, 4.69) is 29.0 Å². The van der Waals surface area contributed by atoms with Crippen LogP contribution in [0.5, 0.6) is 5.75 Å². The molecule has 0 aromatic heterocycles. The number of ketones is 2. The van der Waals surface area contributed by atoms with Gasteiger partial charge in [-0.25, -0.2) is 13.2 Å². The standard InChI is InChI=1S/C37H30N2O10S/c1-21(40)36-28-12-8-3-4-9-13-29(42)37(36,49-36)26-19-27(41)30-31(32(26)38-28)33(43)24-15-14-22(18-25(24)34(30)44)20-39(2)35(45)48-16-17-50(46,47)23-10-6-5-7-11-23/h3-7,10-11,14-15,18-19,21,28-29,38,40-42H,16-17,20H2,1-2H3/b4-3-/t21?,28-,29+,36-,37-/m0/s1. The highest BCUT2D eigenvalue weighted by Gasteiger charge is 2.82. The number of aromatic hydroxyl groups is 1. The van der Waals surface area contributed by atoms with Gasteiger partial charge in [0.1, 0.15) is 18.4 Å². The molecule has 0 spiro atoms. The van der Waals surface area contributed by atoms with Crippen molar-refractivity contribution >= 4 is 33.2 Å². The molecule has 1 unspecified atom stereocenters. The van der Waals surface area contributed by atoms with Gasteiger partial charge in [-0.05, 0) is 55.0 Å². The molecule has 1 fully saturated rings. The Morgan fingerprint density at radius 3 is 2.46 bits per heavy atom. The topological polar surface area (TPSA) is 183 Å². The second-order valence-electron chi connectivity index (χ2n) is 12.4. The van der Waals surface area contributed by atoms with E-state index in [9.17, 15) is 38.1 Å². The molecule has 3 aromatic rings. The number of aliphatic hydroxyl groups is 2. The Morgan fingerprint density at radius 2 is 1.74 bits per heavy atom. The lowest BCUT2D eigenvalue weighted by atomic mass is 9.69. The molecule has 1 saturated heterocycles. The third-order valence-electron chi connectivity index (χ3n) is 9.44. The number of allylic oxidation sites excluding steroid dienone is 2. The highest BCUT2D eigenvalue weighted by molar-refractivity contribution is 7.91. The van der Waals surface area contributed by atoms with Crippen LogP contribution < -0.4 is 5.32 Å². The van der Waals surface area contributed by atoms with Crippen LogP contribution in [-0.2, 0) is 31.5 Å². The quantitative estimate of drug-likeness (QED) is 0.127. The summed E-state index contributed by atoms with van der Waals surface area (Å²) in [7, 11) is -2.21. The molecule has 0 radical (unpaired) electrons. The molecule has 50 heavy (non-hydrogen) atoms. The SMILES string of the molecule is CC(O)[C@@]12O[C@]13c1cc(O)c4c(c1N[C@H]2C#C/C=C\C#C[C@H]3O)C(=O)c1ccc(CN(C)C(=O)OCCS(=O)(=O)c2ccccc2)cc1C4=O. The van der Waals surface area contributed by atoms with E-state index in [0.29, 0.717) is 5.56 Å². The minimum absolute atomic E-state index is 0.000669. The summed E-state index contributed by atoms with van der Waals surface area (Å²) in [5.74, 6) is 9.02. The van der Waals surface area contributed by atoms with Crippen LogP contribution in [0, 0.1) is 23.7 Å². The summed E-state index contributed by atoms with van der Waals surface area (Å²) < 4.78 is 36.4. The normalized spacial score (nSPS) is 25.0. The number of rotatable bonds is 7. The Kier molecular flexibility index (Phi) is 7.85. The predicted octanol–water partition coefficient (Wildman–Crippen LogP) is 2.29. The number of ether oxygens (including phenoxy) is 2. The number of fused-ring (bicyclic) bond motifs is 4. The molecule has 2 aliphatic carbocycles. The van der Waals surface area contributed by atoms with Gasteiger partial charge < -0.3 is 35.0 Å². The van der Waals surface area contributed by atoms with Crippen LogP contribution in [0.1, 0.15) is 49.9 Å². The van der Waals surface area contributed by atoms with Crippen molar-refractivity contribution in [3.63, 3.8) is 0 Å². The molecule has 4 N–H and O–H groups in total. The zero-order valence-corrected chi connectivity index (χ0v) is 27.6. The number of aliphatic hydroxyl groups excluding tert-OH is 2. The first-order valence-corrected chi connectivity index (χ1v) is 17.3. The van der Waals surface area contributed by atoms with Crippen molar-refractivity contribution in [1.82, 2.24) is 4.90 Å².